The molecule has 126 valence electrons. The molecular weight excluding hydrogens is 304 g/mol. The van der Waals surface area contributed by atoms with Crippen molar-refractivity contribution in [2.75, 3.05) is 11.4 Å². The first-order valence-corrected chi connectivity index (χ1v) is 8.27. The molecule has 0 radical (unpaired) electrons. The Balaban J connectivity index is 1.88. The second kappa shape index (κ2) is 6.95. The summed E-state index contributed by atoms with van der Waals surface area (Å²) in [5.41, 5.74) is 3.92. The number of hydrogen-bond acceptors (Lipinski definition) is 5. The van der Waals surface area contributed by atoms with Crippen molar-refractivity contribution in [3.63, 3.8) is 0 Å². The van der Waals surface area contributed by atoms with Gasteiger partial charge in [0.15, 0.2) is 0 Å². The molecule has 1 aliphatic rings. The summed E-state index contributed by atoms with van der Waals surface area (Å²) in [4.78, 5) is 26.4. The van der Waals surface area contributed by atoms with Gasteiger partial charge in [-0.3, -0.25) is 9.78 Å². The number of carbonyl (C=O) groups is 1. The molecule has 1 aliphatic heterocycles. The van der Waals surface area contributed by atoms with Crippen LogP contribution in [0, 0.1) is 13.8 Å². The fraction of sp³-hybridized carbons (Fsp3) is 0.444. The molecule has 1 N–H and O–H groups in total. The van der Waals surface area contributed by atoms with E-state index in [1.165, 1.54) is 0 Å². The topological polar surface area (TPSA) is 79.2 Å². The summed E-state index contributed by atoms with van der Waals surface area (Å²) in [6.07, 6.45) is 4.39. The van der Waals surface area contributed by atoms with E-state index in [0.717, 1.165) is 47.8 Å². The Morgan fingerprint density at radius 1 is 1.25 bits per heavy atom. The van der Waals surface area contributed by atoms with Crippen molar-refractivity contribution in [1.82, 2.24) is 15.0 Å². The van der Waals surface area contributed by atoms with Gasteiger partial charge in [-0.2, -0.15) is 0 Å². The van der Waals surface area contributed by atoms with E-state index in [1.807, 2.05) is 32.0 Å². The van der Waals surface area contributed by atoms with Crippen LogP contribution in [0.15, 0.2) is 24.5 Å². The number of anilines is 1. The predicted octanol–water partition coefficient (Wildman–Crippen LogP) is 2.85. The van der Waals surface area contributed by atoms with Gasteiger partial charge in [0.05, 0.1) is 11.7 Å². The summed E-state index contributed by atoms with van der Waals surface area (Å²) in [7, 11) is 0. The van der Waals surface area contributed by atoms with Gasteiger partial charge in [0.25, 0.3) is 0 Å². The highest BCUT2D eigenvalue weighted by molar-refractivity contribution is 5.67. The van der Waals surface area contributed by atoms with E-state index in [9.17, 15) is 4.79 Å². The van der Waals surface area contributed by atoms with Gasteiger partial charge in [0.1, 0.15) is 12.1 Å². The van der Waals surface area contributed by atoms with Crippen LogP contribution in [0.2, 0.25) is 0 Å². The first-order valence-electron chi connectivity index (χ1n) is 8.27. The van der Waals surface area contributed by atoms with Crippen molar-refractivity contribution in [2.45, 2.75) is 45.6 Å². The van der Waals surface area contributed by atoms with Gasteiger partial charge in [0.2, 0.25) is 0 Å². The van der Waals surface area contributed by atoms with Crippen molar-refractivity contribution in [3.8, 4) is 0 Å². The van der Waals surface area contributed by atoms with Gasteiger partial charge in [-0.15, -0.1) is 0 Å². The van der Waals surface area contributed by atoms with E-state index in [4.69, 9.17) is 10.1 Å². The Morgan fingerprint density at radius 2 is 2.08 bits per heavy atom. The number of carboxylic acid groups (broad SMARTS) is 1. The number of hydrogen-bond donors (Lipinski definition) is 1. The molecule has 1 atom stereocenters. The van der Waals surface area contributed by atoms with Crippen LogP contribution < -0.4 is 4.90 Å². The number of aryl methyl sites for hydroxylation is 3. The van der Waals surface area contributed by atoms with Crippen LogP contribution in [0.25, 0.3) is 0 Å². The third kappa shape index (κ3) is 3.69. The second-order valence-corrected chi connectivity index (χ2v) is 6.30. The van der Waals surface area contributed by atoms with E-state index < -0.39 is 5.97 Å². The monoisotopic (exact) mass is 326 g/mol. The van der Waals surface area contributed by atoms with Crippen LogP contribution >= 0.6 is 0 Å². The van der Waals surface area contributed by atoms with Crippen molar-refractivity contribution < 1.29 is 9.90 Å². The smallest absolute Gasteiger partial charge is 0.303 e. The van der Waals surface area contributed by atoms with Crippen molar-refractivity contribution >= 4 is 11.8 Å². The lowest BCUT2D eigenvalue weighted by Gasteiger charge is -2.26. The maximum absolute atomic E-state index is 10.8. The largest absolute Gasteiger partial charge is 0.481 e. The van der Waals surface area contributed by atoms with Gasteiger partial charge < -0.3 is 10.0 Å². The molecule has 2 aromatic heterocycles. The maximum Gasteiger partial charge on any atom is 0.303 e. The zero-order chi connectivity index (χ0) is 17.1. The Labute approximate surface area is 141 Å². The molecule has 3 rings (SSSR count). The fourth-order valence-corrected chi connectivity index (χ4v) is 3.28. The molecule has 0 unspecified atom stereocenters. The third-order valence-electron chi connectivity index (χ3n) is 4.34. The summed E-state index contributed by atoms with van der Waals surface area (Å²) < 4.78 is 0. The minimum atomic E-state index is -0.773. The standard InChI is InChI=1S/C18H22N4O2/c1-12-9-17(20-11-19-12)22-7-3-4-16(22)15-10-14(5-6-18(23)24)8-13(2)21-15/h8-11,16H,3-7H2,1-2H3,(H,23,24)/t16-/m0/s1. The second-order valence-electron chi connectivity index (χ2n) is 6.30. The van der Waals surface area contributed by atoms with E-state index in [2.05, 4.69) is 14.9 Å². The predicted molar refractivity (Wildman–Crippen MR) is 91.0 cm³/mol. The minimum absolute atomic E-state index is 0.141. The molecule has 3 heterocycles. The fourth-order valence-electron chi connectivity index (χ4n) is 3.28. The summed E-state index contributed by atoms with van der Waals surface area (Å²) >= 11 is 0. The third-order valence-corrected chi connectivity index (χ3v) is 4.34. The Kier molecular flexibility index (Phi) is 4.74. The highest BCUT2D eigenvalue weighted by atomic mass is 16.4. The molecule has 1 saturated heterocycles. The first kappa shape index (κ1) is 16.4. The van der Waals surface area contributed by atoms with E-state index in [1.54, 1.807) is 6.33 Å². The SMILES string of the molecule is Cc1cc(N2CCC[C@H]2c2cc(CCC(=O)O)cc(C)n2)ncn1. The van der Waals surface area contributed by atoms with E-state index in [-0.39, 0.29) is 12.5 Å². The summed E-state index contributed by atoms with van der Waals surface area (Å²) in [6.45, 7) is 4.87. The van der Waals surface area contributed by atoms with Crippen LogP contribution in [-0.4, -0.2) is 32.6 Å². The molecular formula is C18H22N4O2. The lowest BCUT2D eigenvalue weighted by molar-refractivity contribution is -0.136. The number of aromatic nitrogens is 3. The molecule has 1 fully saturated rings. The quantitative estimate of drug-likeness (QED) is 0.910. The van der Waals surface area contributed by atoms with Crippen molar-refractivity contribution in [1.29, 1.82) is 0 Å². The average Bonchev–Trinajstić information content (AvgIpc) is 3.02. The Morgan fingerprint density at radius 3 is 2.83 bits per heavy atom. The molecule has 0 saturated carbocycles. The number of pyridine rings is 1. The van der Waals surface area contributed by atoms with E-state index >= 15 is 0 Å². The molecule has 0 bridgehead atoms. The summed E-state index contributed by atoms with van der Waals surface area (Å²) in [5.74, 6) is 0.158. The molecule has 0 aliphatic carbocycles. The number of aliphatic carboxylic acids is 1. The molecule has 0 spiro atoms. The zero-order valence-electron chi connectivity index (χ0n) is 14.1. The normalized spacial score (nSPS) is 17.2. The summed E-state index contributed by atoms with van der Waals surface area (Å²) in [6, 6.07) is 6.20. The average molecular weight is 326 g/mol. The van der Waals surface area contributed by atoms with Crippen LogP contribution in [-0.2, 0) is 11.2 Å². The molecule has 24 heavy (non-hydrogen) atoms. The minimum Gasteiger partial charge on any atom is -0.481 e. The Bertz CT molecular complexity index is 748. The van der Waals surface area contributed by atoms with Gasteiger partial charge >= 0.3 is 5.97 Å². The van der Waals surface area contributed by atoms with Crippen LogP contribution in [0.1, 0.15) is 47.9 Å². The van der Waals surface area contributed by atoms with Gasteiger partial charge in [0, 0.05) is 30.4 Å². The number of rotatable bonds is 5. The molecule has 2 aromatic rings. The molecule has 0 amide bonds. The van der Waals surface area contributed by atoms with Gasteiger partial charge in [-0.1, -0.05) is 0 Å². The van der Waals surface area contributed by atoms with Gasteiger partial charge in [-0.05, 0) is 50.8 Å². The highest BCUT2D eigenvalue weighted by Gasteiger charge is 2.28. The number of carboxylic acids is 1. The van der Waals surface area contributed by atoms with Crippen molar-refractivity contribution in [2.24, 2.45) is 0 Å². The van der Waals surface area contributed by atoms with Crippen molar-refractivity contribution in [3.05, 3.63) is 47.2 Å². The van der Waals surface area contributed by atoms with Crippen LogP contribution in [0.4, 0.5) is 5.82 Å². The van der Waals surface area contributed by atoms with Gasteiger partial charge in [-0.25, -0.2) is 9.97 Å². The molecule has 0 aromatic carbocycles. The lowest BCUT2D eigenvalue weighted by Crippen LogP contribution is -2.24. The van der Waals surface area contributed by atoms with E-state index in [0.29, 0.717) is 6.42 Å². The van der Waals surface area contributed by atoms with Crippen LogP contribution in [0.3, 0.4) is 0 Å². The number of nitrogens with zero attached hydrogens (tertiary/aromatic N) is 4. The molecule has 6 heteroatoms. The lowest BCUT2D eigenvalue weighted by atomic mass is 10.0. The van der Waals surface area contributed by atoms with Crippen LogP contribution in [0.5, 0.6) is 0 Å². The highest BCUT2D eigenvalue weighted by Crippen LogP contribution is 2.34. The Hall–Kier alpha value is -2.50. The summed E-state index contributed by atoms with van der Waals surface area (Å²) in [5, 5.41) is 8.90. The maximum atomic E-state index is 10.8. The molecule has 6 nitrogen and oxygen atoms in total. The zero-order valence-corrected chi connectivity index (χ0v) is 14.1. The first-order chi connectivity index (χ1) is 11.5.